The second-order valence-electron chi connectivity index (χ2n) is 3.05. The highest BCUT2D eigenvalue weighted by molar-refractivity contribution is 5.68. The molecule has 0 unspecified atom stereocenters. The molecule has 1 aromatic rings. The maximum atomic E-state index is 9.81. The summed E-state index contributed by atoms with van der Waals surface area (Å²) in [5.41, 5.74) is 0.715. The molecule has 1 aromatic carbocycles. The molecule has 0 atom stereocenters. The smallest absolute Gasteiger partial charge is 0.317 e. The van der Waals surface area contributed by atoms with Gasteiger partial charge in [-0.2, -0.15) is 5.26 Å². The molecule has 2 N–H and O–H groups in total. The highest BCUT2D eigenvalue weighted by Crippen LogP contribution is 1.93. The molecule has 0 aliphatic heterocycles. The summed E-state index contributed by atoms with van der Waals surface area (Å²) in [5, 5.41) is 19.1. The maximum Gasteiger partial charge on any atom is 0.317 e. The van der Waals surface area contributed by atoms with Gasteiger partial charge in [-0.1, -0.05) is 39.0 Å². The number of aliphatic carboxylic acids is 1. The molecule has 0 radical (unpaired) electrons. The van der Waals surface area contributed by atoms with E-state index in [9.17, 15) is 4.79 Å². The van der Waals surface area contributed by atoms with Gasteiger partial charge in [0.25, 0.3) is 0 Å². The lowest BCUT2D eigenvalue weighted by molar-refractivity contribution is -0.135. The number of rotatable bonds is 4. The van der Waals surface area contributed by atoms with Crippen LogP contribution in [-0.2, 0) is 4.79 Å². The van der Waals surface area contributed by atoms with Crippen LogP contribution in [0.15, 0.2) is 30.3 Å². The van der Waals surface area contributed by atoms with Crippen LogP contribution in [0.1, 0.15) is 32.8 Å². The van der Waals surface area contributed by atoms with Crippen LogP contribution in [0, 0.1) is 11.3 Å². The van der Waals surface area contributed by atoms with Gasteiger partial charge in [0.2, 0.25) is 0 Å². The van der Waals surface area contributed by atoms with Crippen molar-refractivity contribution in [3.63, 3.8) is 0 Å². The van der Waals surface area contributed by atoms with E-state index in [4.69, 9.17) is 10.4 Å². The summed E-state index contributed by atoms with van der Waals surface area (Å²) < 4.78 is 0. The van der Waals surface area contributed by atoms with E-state index in [-0.39, 0.29) is 6.54 Å². The molecule has 4 heteroatoms. The molecule has 100 valence electrons. The Labute approximate surface area is 109 Å². The third kappa shape index (κ3) is 14.1. The van der Waals surface area contributed by atoms with Gasteiger partial charge in [0.15, 0.2) is 0 Å². The van der Waals surface area contributed by atoms with Crippen molar-refractivity contribution in [1.29, 1.82) is 5.26 Å². The van der Waals surface area contributed by atoms with Crippen LogP contribution >= 0.6 is 0 Å². The van der Waals surface area contributed by atoms with Crippen molar-refractivity contribution in [3.05, 3.63) is 35.9 Å². The van der Waals surface area contributed by atoms with Crippen molar-refractivity contribution in [2.24, 2.45) is 0 Å². The topological polar surface area (TPSA) is 73.1 Å². The first-order valence-corrected chi connectivity index (χ1v) is 6.08. The van der Waals surface area contributed by atoms with Gasteiger partial charge in [-0.25, -0.2) is 0 Å². The monoisotopic (exact) mass is 250 g/mol. The normalized spacial score (nSPS) is 7.89. The summed E-state index contributed by atoms with van der Waals surface area (Å²) in [7, 11) is 0. The first-order chi connectivity index (χ1) is 8.70. The van der Waals surface area contributed by atoms with E-state index in [1.807, 2.05) is 45.0 Å². The molecule has 18 heavy (non-hydrogen) atoms. The Bertz CT molecular complexity index is 331. The standard InChI is InChI=1S/C7H5N.C5H11NO2.C2H6/c8-6-7-4-2-1-3-5-7;1-2-3-6-4-5(7)8;1-2/h1-5H;6H,2-4H2,1H3,(H,7,8);1-2H3. The van der Waals surface area contributed by atoms with Crippen LogP contribution in [0.5, 0.6) is 0 Å². The Morgan fingerprint density at radius 1 is 1.33 bits per heavy atom. The molecule has 0 heterocycles. The van der Waals surface area contributed by atoms with Crippen LogP contribution in [0.4, 0.5) is 0 Å². The van der Waals surface area contributed by atoms with Crippen molar-refractivity contribution in [2.75, 3.05) is 13.1 Å². The van der Waals surface area contributed by atoms with E-state index in [1.54, 1.807) is 12.1 Å². The van der Waals surface area contributed by atoms with Crippen LogP contribution in [0.3, 0.4) is 0 Å². The number of nitriles is 1. The van der Waals surface area contributed by atoms with Crippen molar-refractivity contribution in [1.82, 2.24) is 5.32 Å². The zero-order chi connectivity index (χ0) is 14.2. The molecule has 0 amide bonds. The molecule has 0 spiro atoms. The molecule has 0 aromatic heterocycles. The van der Waals surface area contributed by atoms with Crippen molar-refractivity contribution in [3.8, 4) is 6.07 Å². The predicted molar refractivity (Wildman–Crippen MR) is 73.3 cm³/mol. The molecular formula is C14H22N2O2. The van der Waals surface area contributed by atoms with E-state index >= 15 is 0 Å². The summed E-state index contributed by atoms with van der Waals surface area (Å²) in [5.74, 6) is -0.793. The summed E-state index contributed by atoms with van der Waals surface area (Å²) in [6.45, 7) is 6.86. The second kappa shape index (κ2) is 15.1. The SMILES string of the molecule is CC.CCCNCC(=O)O.N#Cc1ccccc1. The Balaban J connectivity index is 0. The highest BCUT2D eigenvalue weighted by Gasteiger charge is 1.90. The molecule has 0 saturated heterocycles. The molecule has 0 aliphatic carbocycles. The number of benzene rings is 1. The lowest BCUT2D eigenvalue weighted by Crippen LogP contribution is -2.22. The van der Waals surface area contributed by atoms with E-state index in [0.29, 0.717) is 5.56 Å². The van der Waals surface area contributed by atoms with Crippen LogP contribution < -0.4 is 5.32 Å². The Morgan fingerprint density at radius 3 is 2.22 bits per heavy atom. The number of nitrogens with zero attached hydrogens (tertiary/aromatic N) is 1. The van der Waals surface area contributed by atoms with E-state index < -0.39 is 5.97 Å². The summed E-state index contributed by atoms with van der Waals surface area (Å²) in [6.07, 6.45) is 0.979. The molecule has 0 aliphatic rings. The average Bonchev–Trinajstić information content (AvgIpc) is 2.43. The number of nitrogens with one attached hydrogen (secondary N) is 1. The van der Waals surface area contributed by atoms with E-state index in [1.165, 1.54) is 0 Å². The number of hydrogen-bond donors (Lipinski definition) is 2. The average molecular weight is 250 g/mol. The lowest BCUT2D eigenvalue weighted by atomic mass is 10.2. The largest absolute Gasteiger partial charge is 0.480 e. The third-order valence-electron chi connectivity index (χ3n) is 1.61. The van der Waals surface area contributed by atoms with Gasteiger partial charge in [0, 0.05) is 0 Å². The third-order valence-corrected chi connectivity index (χ3v) is 1.61. The number of carboxylic acid groups (broad SMARTS) is 1. The fraction of sp³-hybridized carbons (Fsp3) is 0.429. The Hall–Kier alpha value is -1.86. The quantitative estimate of drug-likeness (QED) is 0.806. The minimum Gasteiger partial charge on any atom is -0.480 e. The van der Waals surface area contributed by atoms with Crippen molar-refractivity contribution >= 4 is 5.97 Å². The zero-order valence-corrected chi connectivity index (χ0v) is 11.3. The van der Waals surface area contributed by atoms with E-state index in [0.717, 1.165) is 13.0 Å². The molecule has 1 rings (SSSR count). The van der Waals surface area contributed by atoms with Crippen LogP contribution in [-0.4, -0.2) is 24.2 Å². The zero-order valence-electron chi connectivity index (χ0n) is 11.3. The van der Waals surface area contributed by atoms with Gasteiger partial charge in [0.1, 0.15) is 0 Å². The minimum atomic E-state index is -0.793. The van der Waals surface area contributed by atoms with Crippen LogP contribution in [0.25, 0.3) is 0 Å². The highest BCUT2D eigenvalue weighted by atomic mass is 16.4. The fourth-order valence-corrected chi connectivity index (χ4v) is 0.885. The van der Waals surface area contributed by atoms with Crippen LogP contribution in [0.2, 0.25) is 0 Å². The van der Waals surface area contributed by atoms with Crippen molar-refractivity contribution in [2.45, 2.75) is 27.2 Å². The molecule has 0 bridgehead atoms. The molecule has 4 nitrogen and oxygen atoms in total. The second-order valence-corrected chi connectivity index (χ2v) is 3.05. The number of hydrogen-bond acceptors (Lipinski definition) is 3. The molecular weight excluding hydrogens is 228 g/mol. The molecule has 0 saturated carbocycles. The van der Waals surface area contributed by atoms with Gasteiger partial charge in [-0.15, -0.1) is 0 Å². The minimum absolute atomic E-state index is 0.0772. The summed E-state index contributed by atoms with van der Waals surface area (Å²) in [4.78, 5) is 9.81. The Kier molecular flexibility index (Phi) is 15.6. The molecule has 0 fully saturated rings. The van der Waals surface area contributed by atoms with Gasteiger partial charge in [0.05, 0.1) is 18.2 Å². The number of carbonyl (C=O) groups is 1. The Morgan fingerprint density at radius 2 is 1.89 bits per heavy atom. The van der Waals surface area contributed by atoms with E-state index in [2.05, 4.69) is 5.32 Å². The lowest BCUT2D eigenvalue weighted by Gasteiger charge is -1.94. The first kappa shape index (κ1) is 18.5. The van der Waals surface area contributed by atoms with Gasteiger partial charge in [-0.3, -0.25) is 4.79 Å². The van der Waals surface area contributed by atoms with Gasteiger partial charge >= 0.3 is 5.97 Å². The van der Waals surface area contributed by atoms with Gasteiger partial charge in [-0.05, 0) is 25.1 Å². The fourth-order valence-electron chi connectivity index (χ4n) is 0.885. The summed E-state index contributed by atoms with van der Waals surface area (Å²) in [6, 6.07) is 11.2. The maximum absolute atomic E-state index is 9.81. The summed E-state index contributed by atoms with van der Waals surface area (Å²) >= 11 is 0. The predicted octanol–water partition coefficient (Wildman–Crippen LogP) is 2.66. The van der Waals surface area contributed by atoms with Gasteiger partial charge < -0.3 is 10.4 Å². The van der Waals surface area contributed by atoms with Crippen molar-refractivity contribution < 1.29 is 9.90 Å². The number of carboxylic acids is 1. The first-order valence-electron chi connectivity index (χ1n) is 6.08.